The normalized spacial score (nSPS) is 13.3. The number of alkyl halides is 2. The summed E-state index contributed by atoms with van der Waals surface area (Å²) in [5.74, 6) is -0.177. The summed E-state index contributed by atoms with van der Waals surface area (Å²) in [7, 11) is 1.37. The van der Waals surface area contributed by atoms with Gasteiger partial charge in [0.15, 0.2) is 11.5 Å². The molecule has 3 rings (SSSR count). The number of carbonyl (C=O) groups is 2. The lowest BCUT2D eigenvalue weighted by Gasteiger charge is -2.11. The van der Waals surface area contributed by atoms with Crippen molar-refractivity contribution in [3.8, 4) is 11.5 Å². The molecule has 0 aromatic heterocycles. The average Bonchev–Trinajstić information content (AvgIpc) is 3.57. The molecule has 0 spiro atoms. The van der Waals surface area contributed by atoms with Crippen LogP contribution in [0.4, 0.5) is 8.78 Å². The highest BCUT2D eigenvalue weighted by molar-refractivity contribution is 5.95. The highest BCUT2D eigenvalue weighted by Gasteiger charge is 2.23. The van der Waals surface area contributed by atoms with Crippen molar-refractivity contribution in [3.05, 3.63) is 65.2 Å². The van der Waals surface area contributed by atoms with E-state index in [0.29, 0.717) is 24.6 Å². The molecule has 6 nitrogen and oxygen atoms in total. The van der Waals surface area contributed by atoms with Gasteiger partial charge in [-0.2, -0.15) is 8.78 Å². The SMILES string of the molecule is COc1cc(CCNC(=O)/C=C/c2ccc(C(=O)NC3CC3)cc2)ccc1OC(F)F. The van der Waals surface area contributed by atoms with Gasteiger partial charge in [0.25, 0.3) is 5.91 Å². The summed E-state index contributed by atoms with van der Waals surface area (Å²) in [4.78, 5) is 24.0. The van der Waals surface area contributed by atoms with Gasteiger partial charge in [-0.3, -0.25) is 9.59 Å². The van der Waals surface area contributed by atoms with Gasteiger partial charge in [-0.15, -0.1) is 0 Å². The molecular formula is C23H24F2N2O4. The highest BCUT2D eigenvalue weighted by Crippen LogP contribution is 2.29. The molecule has 0 atom stereocenters. The number of hydrogen-bond donors (Lipinski definition) is 2. The molecular weight excluding hydrogens is 406 g/mol. The minimum absolute atomic E-state index is 0.0377. The third-order valence-electron chi connectivity index (χ3n) is 4.67. The van der Waals surface area contributed by atoms with Crippen LogP contribution in [0.2, 0.25) is 0 Å². The summed E-state index contributed by atoms with van der Waals surface area (Å²) in [6, 6.07) is 12.0. The smallest absolute Gasteiger partial charge is 0.387 e. The number of nitrogens with one attached hydrogen (secondary N) is 2. The van der Waals surface area contributed by atoms with Crippen LogP contribution in [-0.2, 0) is 11.2 Å². The van der Waals surface area contributed by atoms with Crippen molar-refractivity contribution >= 4 is 17.9 Å². The second kappa shape index (κ2) is 10.6. The number of benzene rings is 2. The number of amides is 2. The Kier molecular flexibility index (Phi) is 7.59. The molecule has 0 aliphatic heterocycles. The molecule has 2 N–H and O–H groups in total. The molecule has 31 heavy (non-hydrogen) atoms. The van der Waals surface area contributed by atoms with E-state index < -0.39 is 6.61 Å². The first-order valence-corrected chi connectivity index (χ1v) is 9.93. The quantitative estimate of drug-likeness (QED) is 0.565. The van der Waals surface area contributed by atoms with Crippen molar-refractivity contribution in [2.75, 3.05) is 13.7 Å². The zero-order valence-corrected chi connectivity index (χ0v) is 17.1. The number of rotatable bonds is 10. The van der Waals surface area contributed by atoms with Crippen LogP contribution in [0.5, 0.6) is 11.5 Å². The lowest BCUT2D eigenvalue weighted by Crippen LogP contribution is -2.25. The van der Waals surface area contributed by atoms with Gasteiger partial charge in [0, 0.05) is 24.2 Å². The number of ether oxygens (including phenoxy) is 2. The summed E-state index contributed by atoms with van der Waals surface area (Å²) in [5, 5.41) is 5.69. The van der Waals surface area contributed by atoms with E-state index in [4.69, 9.17) is 4.74 Å². The van der Waals surface area contributed by atoms with E-state index >= 15 is 0 Å². The molecule has 0 unspecified atom stereocenters. The van der Waals surface area contributed by atoms with Crippen molar-refractivity contribution in [1.82, 2.24) is 10.6 Å². The third kappa shape index (κ3) is 7.09. The molecule has 2 amide bonds. The standard InChI is InChI=1S/C23H24F2N2O4/c1-30-20-14-16(4-10-19(20)31-23(24)25)12-13-26-21(28)11-5-15-2-6-17(7-3-15)22(29)27-18-8-9-18/h2-7,10-11,14,18,23H,8-9,12-13H2,1H3,(H,26,28)(H,27,29)/b11-5+. The van der Waals surface area contributed by atoms with Gasteiger partial charge >= 0.3 is 6.61 Å². The van der Waals surface area contributed by atoms with Crippen LogP contribution in [0, 0.1) is 0 Å². The molecule has 0 radical (unpaired) electrons. The molecule has 2 aromatic rings. The highest BCUT2D eigenvalue weighted by atomic mass is 19.3. The van der Waals surface area contributed by atoms with Crippen LogP contribution in [0.3, 0.4) is 0 Å². The fourth-order valence-corrected chi connectivity index (χ4v) is 2.86. The van der Waals surface area contributed by atoms with Crippen LogP contribution in [0.15, 0.2) is 48.5 Å². The molecule has 0 heterocycles. The monoisotopic (exact) mass is 430 g/mol. The minimum Gasteiger partial charge on any atom is -0.493 e. The van der Waals surface area contributed by atoms with Crippen molar-refractivity contribution in [1.29, 1.82) is 0 Å². The average molecular weight is 430 g/mol. The van der Waals surface area contributed by atoms with Gasteiger partial charge < -0.3 is 20.1 Å². The van der Waals surface area contributed by atoms with E-state index in [9.17, 15) is 18.4 Å². The maximum Gasteiger partial charge on any atom is 0.387 e. The van der Waals surface area contributed by atoms with Gasteiger partial charge in [-0.25, -0.2) is 0 Å². The Balaban J connectivity index is 1.45. The Morgan fingerprint density at radius 2 is 1.87 bits per heavy atom. The Labute approximate surface area is 179 Å². The number of hydrogen-bond acceptors (Lipinski definition) is 4. The Hall–Kier alpha value is -3.42. The van der Waals surface area contributed by atoms with E-state index in [-0.39, 0.29) is 23.3 Å². The fraction of sp³-hybridized carbons (Fsp3) is 0.304. The molecule has 0 saturated heterocycles. The molecule has 8 heteroatoms. The van der Waals surface area contributed by atoms with Gasteiger partial charge in [0.2, 0.25) is 5.91 Å². The van der Waals surface area contributed by atoms with Gasteiger partial charge in [0.05, 0.1) is 7.11 Å². The third-order valence-corrected chi connectivity index (χ3v) is 4.67. The van der Waals surface area contributed by atoms with Crippen molar-refractivity contribution in [2.45, 2.75) is 31.9 Å². The number of methoxy groups -OCH3 is 1. The zero-order valence-electron chi connectivity index (χ0n) is 17.1. The molecule has 1 aliphatic rings. The summed E-state index contributed by atoms with van der Waals surface area (Å²) < 4.78 is 34.2. The summed E-state index contributed by atoms with van der Waals surface area (Å²) in [6.07, 6.45) is 5.65. The van der Waals surface area contributed by atoms with Crippen LogP contribution in [0.25, 0.3) is 6.08 Å². The lowest BCUT2D eigenvalue weighted by molar-refractivity contribution is -0.116. The number of halogens is 2. The first kappa shape index (κ1) is 22.3. The summed E-state index contributed by atoms with van der Waals surface area (Å²) >= 11 is 0. The van der Waals surface area contributed by atoms with Gasteiger partial charge in [-0.05, 0) is 60.7 Å². The molecule has 1 fully saturated rings. The molecule has 1 saturated carbocycles. The van der Waals surface area contributed by atoms with E-state index in [1.807, 2.05) is 0 Å². The van der Waals surface area contributed by atoms with E-state index in [2.05, 4.69) is 15.4 Å². The van der Waals surface area contributed by atoms with E-state index in [1.165, 1.54) is 19.3 Å². The predicted molar refractivity (Wildman–Crippen MR) is 112 cm³/mol. The van der Waals surface area contributed by atoms with Crippen LogP contribution in [0.1, 0.15) is 34.3 Å². The van der Waals surface area contributed by atoms with Crippen LogP contribution < -0.4 is 20.1 Å². The molecule has 164 valence electrons. The molecule has 1 aliphatic carbocycles. The zero-order chi connectivity index (χ0) is 22.2. The van der Waals surface area contributed by atoms with Crippen LogP contribution >= 0.6 is 0 Å². The Bertz CT molecular complexity index is 941. The van der Waals surface area contributed by atoms with E-state index in [0.717, 1.165) is 24.0 Å². The topological polar surface area (TPSA) is 76.7 Å². The van der Waals surface area contributed by atoms with Crippen molar-refractivity contribution in [3.63, 3.8) is 0 Å². The largest absolute Gasteiger partial charge is 0.493 e. The Morgan fingerprint density at radius 1 is 1.13 bits per heavy atom. The maximum atomic E-state index is 12.4. The van der Waals surface area contributed by atoms with E-state index in [1.54, 1.807) is 42.5 Å². The predicted octanol–water partition coefficient (Wildman–Crippen LogP) is 3.56. The lowest BCUT2D eigenvalue weighted by atomic mass is 10.1. The van der Waals surface area contributed by atoms with Crippen LogP contribution in [-0.4, -0.2) is 38.1 Å². The molecule has 0 bridgehead atoms. The second-order valence-electron chi connectivity index (χ2n) is 7.11. The first-order chi connectivity index (χ1) is 14.9. The molecule has 2 aromatic carbocycles. The van der Waals surface area contributed by atoms with Crippen molar-refractivity contribution < 1.29 is 27.8 Å². The number of carbonyl (C=O) groups excluding carboxylic acids is 2. The van der Waals surface area contributed by atoms with Crippen molar-refractivity contribution in [2.24, 2.45) is 0 Å². The second-order valence-corrected chi connectivity index (χ2v) is 7.11. The minimum atomic E-state index is -2.93. The summed E-state index contributed by atoms with van der Waals surface area (Å²) in [5.41, 5.74) is 2.20. The van der Waals surface area contributed by atoms with Gasteiger partial charge in [-0.1, -0.05) is 18.2 Å². The maximum absolute atomic E-state index is 12.4. The van der Waals surface area contributed by atoms with Gasteiger partial charge in [0.1, 0.15) is 0 Å². The first-order valence-electron chi connectivity index (χ1n) is 9.93. The fourth-order valence-electron chi connectivity index (χ4n) is 2.86. The Morgan fingerprint density at radius 3 is 2.52 bits per heavy atom. The summed E-state index contributed by atoms with van der Waals surface area (Å²) in [6.45, 7) is -2.57.